The molecule has 0 heterocycles. The zero-order valence-electron chi connectivity index (χ0n) is 14.2. The predicted molar refractivity (Wildman–Crippen MR) is 98.2 cm³/mol. The lowest BCUT2D eigenvalue weighted by Crippen LogP contribution is -2.55. The summed E-state index contributed by atoms with van der Waals surface area (Å²) < 4.78 is 6.34. The molecular formula is C20H24O2Si. The Morgan fingerprint density at radius 1 is 0.870 bits per heavy atom. The first-order valence-electron chi connectivity index (χ1n) is 7.81. The summed E-state index contributed by atoms with van der Waals surface area (Å²) in [6.45, 7) is 7.55. The molecule has 3 heteroatoms. The SMILES string of the molecule is CC#CC(O)(O[SiH](c1ccccc1)c1ccccc1)C(C)(C)C. The lowest BCUT2D eigenvalue weighted by atomic mass is 9.86. The van der Waals surface area contributed by atoms with Crippen LogP contribution in [-0.2, 0) is 4.43 Å². The second-order valence-electron chi connectivity index (χ2n) is 6.59. The molecule has 23 heavy (non-hydrogen) atoms. The monoisotopic (exact) mass is 324 g/mol. The van der Waals surface area contributed by atoms with Gasteiger partial charge in [0.15, 0.2) is 0 Å². The number of hydrogen-bond acceptors (Lipinski definition) is 2. The second kappa shape index (κ2) is 7.14. The Hall–Kier alpha value is -1.86. The van der Waals surface area contributed by atoms with E-state index in [1.807, 2.05) is 57.2 Å². The molecular weight excluding hydrogens is 300 g/mol. The maximum absolute atomic E-state index is 11.1. The topological polar surface area (TPSA) is 29.5 Å². The standard InChI is InChI=1S/C20H24O2Si/c1-5-16-20(21,19(2,3)4)22-23(17-12-8-6-9-13-17)18-14-10-7-11-15-18/h6-15,21,23H,1-4H3. The van der Waals surface area contributed by atoms with E-state index < -0.39 is 20.2 Å². The van der Waals surface area contributed by atoms with E-state index in [1.54, 1.807) is 6.92 Å². The Kier molecular flexibility index (Phi) is 5.43. The van der Waals surface area contributed by atoms with Crippen LogP contribution in [-0.4, -0.2) is 19.9 Å². The van der Waals surface area contributed by atoms with Crippen LogP contribution in [0.25, 0.3) is 0 Å². The zero-order valence-corrected chi connectivity index (χ0v) is 15.4. The van der Waals surface area contributed by atoms with Gasteiger partial charge < -0.3 is 9.53 Å². The van der Waals surface area contributed by atoms with E-state index in [9.17, 15) is 5.11 Å². The molecule has 0 saturated heterocycles. The summed E-state index contributed by atoms with van der Waals surface area (Å²) >= 11 is 0. The second-order valence-corrected chi connectivity index (χ2v) is 8.92. The van der Waals surface area contributed by atoms with Crippen molar-refractivity contribution in [2.24, 2.45) is 5.41 Å². The Morgan fingerprint density at radius 3 is 1.65 bits per heavy atom. The molecule has 0 aromatic heterocycles. The summed E-state index contributed by atoms with van der Waals surface area (Å²) in [5.41, 5.74) is -0.509. The highest BCUT2D eigenvalue weighted by Crippen LogP contribution is 2.31. The third-order valence-electron chi connectivity index (χ3n) is 3.80. The van der Waals surface area contributed by atoms with Gasteiger partial charge >= 0.3 is 0 Å². The van der Waals surface area contributed by atoms with E-state index in [2.05, 4.69) is 36.1 Å². The van der Waals surface area contributed by atoms with Crippen molar-refractivity contribution in [1.29, 1.82) is 0 Å². The minimum absolute atomic E-state index is 0.509. The summed E-state index contributed by atoms with van der Waals surface area (Å²) in [5.74, 6) is 4.23. The van der Waals surface area contributed by atoms with Crippen molar-refractivity contribution in [2.75, 3.05) is 0 Å². The van der Waals surface area contributed by atoms with Crippen LogP contribution in [0, 0.1) is 17.3 Å². The average Bonchev–Trinajstić information content (AvgIpc) is 2.53. The molecule has 0 aliphatic carbocycles. The molecule has 0 radical (unpaired) electrons. The van der Waals surface area contributed by atoms with Gasteiger partial charge in [-0.25, -0.2) is 0 Å². The van der Waals surface area contributed by atoms with Crippen molar-refractivity contribution in [2.45, 2.75) is 33.5 Å². The summed E-state index contributed by atoms with van der Waals surface area (Å²) in [7, 11) is -2.06. The maximum Gasteiger partial charge on any atom is 0.245 e. The number of rotatable bonds is 4. The molecule has 2 aromatic carbocycles. The van der Waals surface area contributed by atoms with Gasteiger partial charge in [-0.3, -0.25) is 0 Å². The zero-order chi connectivity index (χ0) is 16.9. The van der Waals surface area contributed by atoms with Crippen molar-refractivity contribution in [3.63, 3.8) is 0 Å². The van der Waals surface area contributed by atoms with Crippen LogP contribution in [0.15, 0.2) is 60.7 Å². The molecule has 0 aliphatic heterocycles. The van der Waals surface area contributed by atoms with Crippen LogP contribution in [0.2, 0.25) is 0 Å². The summed E-state index contributed by atoms with van der Waals surface area (Å²) in [6, 6.07) is 20.2. The van der Waals surface area contributed by atoms with Crippen LogP contribution in [0.1, 0.15) is 27.7 Å². The highest BCUT2D eigenvalue weighted by Gasteiger charge is 2.42. The minimum atomic E-state index is -2.06. The normalized spacial score (nSPS) is 14.0. The Bertz CT molecular complexity index is 641. The minimum Gasteiger partial charge on any atom is -0.374 e. The van der Waals surface area contributed by atoms with E-state index in [4.69, 9.17) is 4.43 Å². The quantitative estimate of drug-likeness (QED) is 0.531. The molecule has 1 N–H and O–H groups in total. The molecule has 0 amide bonds. The van der Waals surface area contributed by atoms with Crippen LogP contribution < -0.4 is 10.4 Å². The molecule has 0 aliphatic rings. The van der Waals surface area contributed by atoms with Crippen LogP contribution in [0.4, 0.5) is 0 Å². The summed E-state index contributed by atoms with van der Waals surface area (Å²) in [5, 5.41) is 13.3. The fourth-order valence-corrected chi connectivity index (χ4v) is 4.87. The molecule has 0 fully saturated rings. The van der Waals surface area contributed by atoms with Crippen molar-refractivity contribution < 1.29 is 9.53 Å². The third kappa shape index (κ3) is 4.11. The first-order chi connectivity index (χ1) is 10.9. The van der Waals surface area contributed by atoms with Crippen LogP contribution in [0.5, 0.6) is 0 Å². The van der Waals surface area contributed by atoms with E-state index in [-0.39, 0.29) is 0 Å². The first-order valence-corrected chi connectivity index (χ1v) is 9.44. The van der Waals surface area contributed by atoms with Crippen molar-refractivity contribution in [1.82, 2.24) is 0 Å². The highest BCUT2D eigenvalue weighted by atomic mass is 28.3. The molecule has 2 aromatic rings. The first kappa shape index (κ1) is 17.5. The van der Waals surface area contributed by atoms with Gasteiger partial charge in [0, 0.05) is 5.41 Å². The average molecular weight is 324 g/mol. The molecule has 0 spiro atoms. The summed E-state index contributed by atoms with van der Waals surface area (Å²) in [4.78, 5) is 0. The van der Waals surface area contributed by atoms with Crippen LogP contribution in [0.3, 0.4) is 0 Å². The Balaban J connectivity index is 2.48. The fourth-order valence-electron chi connectivity index (χ4n) is 2.32. The van der Waals surface area contributed by atoms with Gasteiger partial charge in [-0.15, -0.1) is 5.92 Å². The van der Waals surface area contributed by atoms with Gasteiger partial charge in [-0.05, 0) is 23.2 Å². The van der Waals surface area contributed by atoms with Gasteiger partial charge in [0.25, 0.3) is 0 Å². The van der Waals surface area contributed by atoms with E-state index in [0.717, 1.165) is 10.4 Å². The summed E-state index contributed by atoms with van der Waals surface area (Å²) in [6.07, 6.45) is 0. The number of aliphatic hydroxyl groups is 1. The fraction of sp³-hybridized carbons (Fsp3) is 0.300. The Morgan fingerprint density at radius 2 is 1.30 bits per heavy atom. The van der Waals surface area contributed by atoms with E-state index in [1.165, 1.54) is 0 Å². The van der Waals surface area contributed by atoms with Gasteiger partial charge in [0.2, 0.25) is 14.8 Å². The lowest BCUT2D eigenvalue weighted by Gasteiger charge is -2.38. The number of hydrogen-bond donors (Lipinski definition) is 1. The lowest BCUT2D eigenvalue weighted by molar-refractivity contribution is -0.160. The highest BCUT2D eigenvalue weighted by molar-refractivity contribution is 6.80. The molecule has 1 unspecified atom stereocenters. The van der Waals surface area contributed by atoms with E-state index >= 15 is 0 Å². The third-order valence-corrected chi connectivity index (χ3v) is 6.36. The van der Waals surface area contributed by atoms with Crippen LogP contribution >= 0.6 is 0 Å². The molecule has 0 bridgehead atoms. The molecule has 0 saturated carbocycles. The smallest absolute Gasteiger partial charge is 0.245 e. The molecule has 2 nitrogen and oxygen atoms in total. The van der Waals surface area contributed by atoms with Crippen molar-refractivity contribution in [3.05, 3.63) is 60.7 Å². The van der Waals surface area contributed by atoms with Gasteiger partial charge in [0.05, 0.1) is 0 Å². The van der Waals surface area contributed by atoms with Crippen molar-refractivity contribution >= 4 is 19.4 Å². The van der Waals surface area contributed by atoms with Gasteiger partial charge in [-0.2, -0.15) is 0 Å². The molecule has 120 valence electrons. The maximum atomic E-state index is 11.1. The van der Waals surface area contributed by atoms with E-state index in [0.29, 0.717) is 0 Å². The Labute approximate surface area is 140 Å². The van der Waals surface area contributed by atoms with Gasteiger partial charge in [-0.1, -0.05) is 81.4 Å². The van der Waals surface area contributed by atoms with Gasteiger partial charge in [0.1, 0.15) is 0 Å². The number of benzene rings is 2. The molecule has 2 rings (SSSR count). The van der Waals surface area contributed by atoms with Crippen molar-refractivity contribution in [3.8, 4) is 11.8 Å². The molecule has 1 atom stereocenters. The predicted octanol–water partition coefficient (Wildman–Crippen LogP) is 2.30. The largest absolute Gasteiger partial charge is 0.374 e.